The average Bonchev–Trinajstić information content (AvgIpc) is 2.15. The van der Waals surface area contributed by atoms with Crippen LogP contribution in [-0.4, -0.2) is 24.3 Å². The molecule has 0 spiro atoms. The fraction of sp³-hybridized carbons (Fsp3) is 1.00. The van der Waals surface area contributed by atoms with Gasteiger partial charge in [-0.05, 0) is 43.9 Å². The molecule has 4 saturated carbocycles. The number of hydrogen-bond donors (Lipinski definition) is 2. The second kappa shape index (κ2) is 3.49. The Bertz CT molecular complexity index is 188. The van der Waals surface area contributed by atoms with E-state index in [1.165, 1.54) is 25.7 Å². The zero-order valence-electron chi connectivity index (χ0n) is 8.86. The van der Waals surface area contributed by atoms with Crippen molar-refractivity contribution in [3.63, 3.8) is 0 Å². The molecule has 3 N–H and O–H groups in total. The monoisotopic (exact) mass is 196 g/mol. The van der Waals surface area contributed by atoms with Crippen molar-refractivity contribution < 1.29 is 10.4 Å². The number of quaternary nitrogens is 1. The molecule has 0 aromatic carbocycles. The Kier molecular flexibility index (Phi) is 2.29. The van der Waals surface area contributed by atoms with Crippen molar-refractivity contribution in [1.29, 1.82) is 0 Å². The number of aliphatic hydroxyl groups excluding tert-OH is 1. The Morgan fingerprint density at radius 3 is 2.00 bits per heavy atom. The van der Waals surface area contributed by atoms with Crippen LogP contribution in [0, 0.1) is 23.7 Å². The van der Waals surface area contributed by atoms with Gasteiger partial charge in [0.1, 0.15) is 0 Å². The average molecular weight is 196 g/mol. The molecule has 4 fully saturated rings. The van der Waals surface area contributed by atoms with Crippen molar-refractivity contribution in [2.24, 2.45) is 23.7 Å². The molecule has 0 aromatic rings. The maximum absolute atomic E-state index is 8.89. The molecular weight excluding hydrogens is 174 g/mol. The summed E-state index contributed by atoms with van der Waals surface area (Å²) in [7, 11) is 0. The molecule has 4 aliphatic rings. The van der Waals surface area contributed by atoms with Crippen LogP contribution in [0.4, 0.5) is 0 Å². The highest BCUT2D eigenvalue weighted by Crippen LogP contribution is 2.52. The first-order valence-electron chi connectivity index (χ1n) is 6.31. The highest BCUT2D eigenvalue weighted by atomic mass is 16.3. The molecular formula is C12H22NO+. The zero-order valence-corrected chi connectivity index (χ0v) is 8.86. The number of hydrogen-bond acceptors (Lipinski definition) is 1. The molecule has 0 radical (unpaired) electrons. The first kappa shape index (κ1) is 9.17. The summed E-state index contributed by atoms with van der Waals surface area (Å²) in [5.41, 5.74) is 0. The van der Waals surface area contributed by atoms with Gasteiger partial charge in [0.15, 0.2) is 0 Å². The molecule has 4 aliphatic carbocycles. The van der Waals surface area contributed by atoms with Gasteiger partial charge in [-0.15, -0.1) is 0 Å². The molecule has 0 aromatic heterocycles. The van der Waals surface area contributed by atoms with Crippen molar-refractivity contribution in [3.8, 4) is 0 Å². The fourth-order valence-electron chi connectivity index (χ4n) is 4.62. The van der Waals surface area contributed by atoms with Crippen LogP contribution in [0.3, 0.4) is 0 Å². The van der Waals surface area contributed by atoms with Crippen molar-refractivity contribution in [1.82, 2.24) is 0 Å². The fourth-order valence-corrected chi connectivity index (χ4v) is 4.62. The summed E-state index contributed by atoms with van der Waals surface area (Å²) >= 11 is 0. The Morgan fingerprint density at radius 2 is 1.50 bits per heavy atom. The largest absolute Gasteiger partial charge is 0.391 e. The second-order valence-electron chi connectivity index (χ2n) is 5.76. The van der Waals surface area contributed by atoms with Crippen LogP contribution in [0.2, 0.25) is 0 Å². The van der Waals surface area contributed by atoms with Crippen LogP contribution in [0.1, 0.15) is 32.1 Å². The minimum absolute atomic E-state index is 0.350. The summed E-state index contributed by atoms with van der Waals surface area (Å²) in [5.74, 6) is 4.16. The van der Waals surface area contributed by atoms with Crippen molar-refractivity contribution in [2.45, 2.75) is 38.1 Å². The van der Waals surface area contributed by atoms with Crippen LogP contribution < -0.4 is 5.32 Å². The zero-order chi connectivity index (χ0) is 9.54. The maximum Gasteiger partial charge on any atom is 0.0992 e. The summed E-state index contributed by atoms with van der Waals surface area (Å²) in [6, 6.07) is 0.870. The van der Waals surface area contributed by atoms with E-state index in [9.17, 15) is 0 Å². The van der Waals surface area contributed by atoms with Crippen LogP contribution in [0.15, 0.2) is 0 Å². The first-order valence-corrected chi connectivity index (χ1v) is 6.31. The SMILES string of the molecule is OCC[NH2+]C1C2CC3CC(C2)CC1C3. The van der Waals surface area contributed by atoms with Crippen molar-refractivity contribution in [3.05, 3.63) is 0 Å². The molecule has 14 heavy (non-hydrogen) atoms. The lowest BCUT2D eigenvalue weighted by molar-refractivity contribution is -0.709. The maximum atomic E-state index is 8.89. The smallest absolute Gasteiger partial charge is 0.0992 e. The third-order valence-electron chi connectivity index (χ3n) is 4.87. The molecule has 4 bridgehead atoms. The molecule has 80 valence electrons. The summed E-state index contributed by atoms with van der Waals surface area (Å²) in [4.78, 5) is 0. The minimum atomic E-state index is 0.350. The molecule has 4 rings (SSSR count). The third-order valence-corrected chi connectivity index (χ3v) is 4.87. The molecule has 2 heteroatoms. The van der Waals surface area contributed by atoms with Gasteiger partial charge in [-0.1, -0.05) is 0 Å². The molecule has 0 aliphatic heterocycles. The van der Waals surface area contributed by atoms with Gasteiger partial charge in [0.2, 0.25) is 0 Å². The first-order chi connectivity index (χ1) is 6.86. The summed E-state index contributed by atoms with van der Waals surface area (Å²) in [6.07, 6.45) is 7.54. The van der Waals surface area contributed by atoms with E-state index in [0.29, 0.717) is 6.61 Å². The van der Waals surface area contributed by atoms with Gasteiger partial charge in [0, 0.05) is 11.8 Å². The van der Waals surface area contributed by atoms with Crippen molar-refractivity contribution >= 4 is 0 Å². The number of rotatable bonds is 3. The highest BCUT2D eigenvalue weighted by molar-refractivity contribution is 4.97. The Morgan fingerprint density at radius 1 is 0.929 bits per heavy atom. The normalized spacial score (nSPS) is 49.9. The van der Waals surface area contributed by atoms with Crippen LogP contribution in [-0.2, 0) is 0 Å². The minimum Gasteiger partial charge on any atom is -0.391 e. The van der Waals surface area contributed by atoms with Crippen LogP contribution in [0.5, 0.6) is 0 Å². The molecule has 0 amide bonds. The predicted octanol–water partition coefficient (Wildman–Crippen LogP) is 0.367. The van der Waals surface area contributed by atoms with Gasteiger partial charge < -0.3 is 10.4 Å². The van der Waals surface area contributed by atoms with Gasteiger partial charge in [-0.3, -0.25) is 0 Å². The molecule has 2 nitrogen and oxygen atoms in total. The number of nitrogens with two attached hydrogens (primary N) is 1. The molecule has 0 saturated heterocycles. The van der Waals surface area contributed by atoms with E-state index in [0.717, 1.165) is 36.3 Å². The lowest BCUT2D eigenvalue weighted by atomic mass is 9.54. The molecule has 0 heterocycles. The van der Waals surface area contributed by atoms with Crippen molar-refractivity contribution in [2.75, 3.05) is 13.2 Å². The quantitative estimate of drug-likeness (QED) is 0.672. The van der Waals surface area contributed by atoms with E-state index in [1.807, 2.05) is 0 Å². The third kappa shape index (κ3) is 1.40. The van der Waals surface area contributed by atoms with Gasteiger partial charge in [-0.2, -0.15) is 0 Å². The summed E-state index contributed by atoms with van der Waals surface area (Å²) < 4.78 is 0. The van der Waals surface area contributed by atoms with E-state index in [4.69, 9.17) is 5.11 Å². The number of aliphatic hydroxyl groups is 1. The Hall–Kier alpha value is -0.0800. The van der Waals surface area contributed by atoms with Crippen LogP contribution in [0.25, 0.3) is 0 Å². The van der Waals surface area contributed by atoms with E-state index in [-0.39, 0.29) is 0 Å². The van der Waals surface area contributed by atoms with Gasteiger partial charge in [0.25, 0.3) is 0 Å². The van der Waals surface area contributed by atoms with E-state index in [2.05, 4.69) is 5.32 Å². The predicted molar refractivity (Wildman–Crippen MR) is 54.7 cm³/mol. The van der Waals surface area contributed by atoms with Gasteiger partial charge in [0.05, 0.1) is 19.2 Å². The topological polar surface area (TPSA) is 36.8 Å². The lowest BCUT2D eigenvalue weighted by Gasteiger charge is -2.52. The van der Waals surface area contributed by atoms with E-state index >= 15 is 0 Å². The van der Waals surface area contributed by atoms with Crippen LogP contribution >= 0.6 is 0 Å². The molecule has 0 atom stereocenters. The highest BCUT2D eigenvalue weighted by Gasteiger charge is 2.49. The summed E-state index contributed by atoms with van der Waals surface area (Å²) in [6.45, 7) is 1.27. The van der Waals surface area contributed by atoms with E-state index < -0.39 is 0 Å². The van der Waals surface area contributed by atoms with Gasteiger partial charge in [-0.25, -0.2) is 0 Å². The van der Waals surface area contributed by atoms with E-state index in [1.54, 1.807) is 6.42 Å². The Balaban J connectivity index is 1.69. The standard InChI is InChI=1S/C12H21NO/c14-2-1-13-12-10-4-8-3-9(6-10)7-11(12)5-8/h8-14H,1-7H2/p+1. The molecule has 0 unspecified atom stereocenters. The lowest BCUT2D eigenvalue weighted by Crippen LogP contribution is -2.95. The second-order valence-corrected chi connectivity index (χ2v) is 5.76. The van der Waals surface area contributed by atoms with Gasteiger partial charge >= 0.3 is 0 Å². The summed E-state index contributed by atoms with van der Waals surface area (Å²) in [5, 5.41) is 11.3. The Labute approximate surface area is 86.1 Å².